The molecule has 1 unspecified atom stereocenters. The Morgan fingerprint density at radius 3 is 2.33 bits per heavy atom. The second-order valence-corrected chi connectivity index (χ2v) is 12.8. The van der Waals surface area contributed by atoms with Gasteiger partial charge in [-0.3, -0.25) is 4.98 Å². The van der Waals surface area contributed by atoms with Crippen molar-refractivity contribution < 1.29 is 4.74 Å². The van der Waals surface area contributed by atoms with Gasteiger partial charge in [-0.2, -0.15) is 0 Å². The number of benzene rings is 4. The summed E-state index contributed by atoms with van der Waals surface area (Å²) >= 11 is 5.01. The van der Waals surface area contributed by atoms with Crippen LogP contribution >= 0.6 is 12.6 Å². The van der Waals surface area contributed by atoms with Gasteiger partial charge in [0.05, 0.1) is 11.9 Å². The molecule has 1 atom stereocenters. The first kappa shape index (κ1) is 25.8. The van der Waals surface area contributed by atoms with E-state index in [1.807, 2.05) is 18.5 Å². The van der Waals surface area contributed by atoms with Crippen LogP contribution in [0.25, 0.3) is 0 Å². The van der Waals surface area contributed by atoms with Crippen molar-refractivity contribution in [2.24, 2.45) is 0 Å². The Hall–Kier alpha value is -3.89. The molecule has 0 N–H and O–H groups in total. The second kappa shape index (κ2) is 9.57. The number of aromatic nitrogens is 1. The Bertz CT molecular complexity index is 1890. The summed E-state index contributed by atoms with van der Waals surface area (Å²) in [5.74, 6) is 2.84. The van der Waals surface area contributed by atoms with Crippen molar-refractivity contribution in [2.75, 3.05) is 4.90 Å². The van der Waals surface area contributed by atoms with Gasteiger partial charge in [-0.05, 0) is 87.6 Å². The number of rotatable bonds is 4. The van der Waals surface area contributed by atoms with E-state index in [0.717, 1.165) is 28.5 Å². The van der Waals surface area contributed by atoms with Crippen LogP contribution in [0.15, 0.2) is 96.2 Å². The molecule has 0 radical (unpaired) electrons. The Balaban J connectivity index is 1.47. The predicted octanol–water partition coefficient (Wildman–Crippen LogP) is 5.24. The summed E-state index contributed by atoms with van der Waals surface area (Å²) in [6.07, 6.45) is 4.89. The molecule has 42 heavy (non-hydrogen) atoms. The van der Waals surface area contributed by atoms with Gasteiger partial charge in [0.1, 0.15) is 11.5 Å². The molecule has 0 fully saturated rings. The van der Waals surface area contributed by atoms with Crippen LogP contribution in [0.1, 0.15) is 57.1 Å². The lowest BCUT2D eigenvalue weighted by atomic mass is 9.20. The van der Waals surface area contributed by atoms with Gasteiger partial charge in [0.2, 0.25) is 13.4 Å². The van der Waals surface area contributed by atoms with Gasteiger partial charge in [0.15, 0.2) is 0 Å². The van der Waals surface area contributed by atoms with Gasteiger partial charge in [-0.1, -0.05) is 81.1 Å². The van der Waals surface area contributed by atoms with Crippen molar-refractivity contribution in [1.82, 2.24) is 4.98 Å². The zero-order valence-corrected chi connectivity index (χ0v) is 25.3. The lowest BCUT2D eigenvalue weighted by Crippen LogP contribution is -2.77. The van der Waals surface area contributed by atoms with Crippen molar-refractivity contribution in [3.05, 3.63) is 102 Å². The molecule has 0 aliphatic carbocycles. The van der Waals surface area contributed by atoms with Crippen LogP contribution in [0.4, 0.5) is 17.1 Å². The van der Waals surface area contributed by atoms with E-state index in [1.54, 1.807) is 0 Å². The van der Waals surface area contributed by atoms with E-state index in [1.165, 1.54) is 55.3 Å². The summed E-state index contributed by atoms with van der Waals surface area (Å²) < 4.78 is 6.88. The van der Waals surface area contributed by atoms with Crippen molar-refractivity contribution >= 4 is 75.9 Å². The van der Waals surface area contributed by atoms with Crippen LogP contribution in [-0.4, -0.2) is 18.4 Å². The highest BCUT2D eigenvalue weighted by Gasteiger charge is 2.48. The predicted molar refractivity (Wildman–Crippen MR) is 181 cm³/mol. The molecule has 0 amide bonds. The number of para-hydroxylation sites is 1. The summed E-state index contributed by atoms with van der Waals surface area (Å²) in [6, 6.07) is 29.2. The molecular weight excluding hydrogens is 530 g/mol. The maximum absolute atomic E-state index is 6.88. The van der Waals surface area contributed by atoms with Crippen LogP contribution in [0, 0.1) is 0 Å². The molecule has 4 aromatic carbocycles. The zero-order chi connectivity index (χ0) is 28.7. The van der Waals surface area contributed by atoms with Crippen molar-refractivity contribution in [3.8, 4) is 11.5 Å². The first-order valence-corrected chi connectivity index (χ1v) is 15.5. The number of ether oxygens (including phenoxy) is 1. The highest BCUT2D eigenvalue weighted by Crippen LogP contribution is 2.38. The number of fused-ring (bicyclic) bond motifs is 6. The average Bonchev–Trinajstić information content (AvgIpc) is 3.01. The van der Waals surface area contributed by atoms with Crippen LogP contribution in [0.2, 0.25) is 0 Å². The van der Waals surface area contributed by atoms with Crippen LogP contribution in [-0.2, 0) is 0 Å². The minimum atomic E-state index is 0.0732. The van der Waals surface area contributed by atoms with Gasteiger partial charge in [-0.15, -0.1) is 12.6 Å². The molecule has 3 aliphatic heterocycles. The van der Waals surface area contributed by atoms with Crippen molar-refractivity contribution in [2.45, 2.75) is 50.8 Å². The highest BCUT2D eigenvalue weighted by molar-refractivity contribution is 7.80. The fourth-order valence-electron chi connectivity index (χ4n) is 7.34. The number of hydrogen-bond donors (Lipinski definition) is 1. The number of thiol groups is 1. The Kier molecular flexibility index (Phi) is 5.88. The summed E-state index contributed by atoms with van der Waals surface area (Å²) in [6.45, 7) is 9.27. The Morgan fingerprint density at radius 1 is 0.762 bits per heavy atom. The van der Waals surface area contributed by atoms with Gasteiger partial charge >= 0.3 is 0 Å². The Labute approximate surface area is 254 Å². The molecule has 3 nitrogen and oxygen atoms in total. The fraction of sp³-hybridized carbons (Fsp3) is 0.194. The third kappa shape index (κ3) is 3.67. The minimum Gasteiger partial charge on any atom is -0.458 e. The third-order valence-corrected chi connectivity index (χ3v) is 9.88. The maximum atomic E-state index is 6.88. The van der Waals surface area contributed by atoms with E-state index < -0.39 is 0 Å². The van der Waals surface area contributed by atoms with Gasteiger partial charge < -0.3 is 9.64 Å². The minimum absolute atomic E-state index is 0.0732. The maximum Gasteiger partial charge on any atom is 0.249 e. The third-order valence-electron chi connectivity index (χ3n) is 9.62. The molecule has 0 saturated heterocycles. The quantitative estimate of drug-likeness (QED) is 0.235. The molecule has 0 bridgehead atoms. The number of nitrogens with zero attached hydrogens (tertiary/aromatic N) is 2. The second-order valence-electron chi connectivity index (χ2n) is 12.3. The van der Waals surface area contributed by atoms with E-state index in [4.69, 9.17) is 17.4 Å². The molecule has 4 heterocycles. The van der Waals surface area contributed by atoms with E-state index in [0.29, 0.717) is 11.8 Å². The fourth-order valence-corrected chi connectivity index (χ4v) is 7.60. The molecule has 8 rings (SSSR count). The van der Waals surface area contributed by atoms with Gasteiger partial charge in [0, 0.05) is 22.5 Å². The van der Waals surface area contributed by atoms with Crippen LogP contribution in [0.3, 0.4) is 0 Å². The standard InChI is InChI=1S/C36H32B2N2OS/c1-5-22(4)23-12-13-28-33(16-23)41-34-17-24(21(2)3)15-29-36(34)38(28)30-18-26(42)19-32-35(30)37(29)27-10-6-7-11-31(27)40(32)25-9-8-14-39-20-25/h6-22,42H,5H2,1-4H3. The Morgan fingerprint density at radius 2 is 1.55 bits per heavy atom. The normalized spacial score (nSPS) is 14.6. The molecule has 204 valence electrons. The zero-order valence-electron chi connectivity index (χ0n) is 24.4. The van der Waals surface area contributed by atoms with E-state index in [2.05, 4.69) is 110 Å². The molecule has 0 spiro atoms. The molecule has 3 aliphatic rings. The largest absolute Gasteiger partial charge is 0.458 e. The molecule has 0 saturated carbocycles. The average molecular weight is 562 g/mol. The molecule has 6 heteroatoms. The van der Waals surface area contributed by atoms with E-state index in [9.17, 15) is 0 Å². The topological polar surface area (TPSA) is 25.4 Å². The summed E-state index contributed by atoms with van der Waals surface area (Å²) in [5, 5.41) is 0. The smallest absolute Gasteiger partial charge is 0.249 e. The molecule has 5 aromatic rings. The van der Waals surface area contributed by atoms with Crippen LogP contribution < -0.4 is 42.4 Å². The first-order chi connectivity index (χ1) is 20.4. The van der Waals surface area contributed by atoms with E-state index in [-0.39, 0.29) is 13.4 Å². The van der Waals surface area contributed by atoms with Crippen molar-refractivity contribution in [3.63, 3.8) is 0 Å². The number of pyridine rings is 1. The SMILES string of the molecule is CCC(C)c1ccc2c(c1)Oc1cc(C(C)C)cc3c1B2c1cc(S)cc2c1B3c1ccccc1N2c1cccnc1. The lowest BCUT2D eigenvalue weighted by molar-refractivity contribution is 0.485. The van der Waals surface area contributed by atoms with Crippen molar-refractivity contribution in [1.29, 1.82) is 0 Å². The van der Waals surface area contributed by atoms with Crippen LogP contribution in [0.5, 0.6) is 11.5 Å². The summed E-state index contributed by atoms with van der Waals surface area (Å²) in [4.78, 5) is 7.84. The monoisotopic (exact) mass is 562 g/mol. The molecular formula is C36H32B2N2OS. The summed E-state index contributed by atoms with van der Waals surface area (Å²) in [7, 11) is 0. The van der Waals surface area contributed by atoms with Gasteiger partial charge in [-0.25, -0.2) is 0 Å². The summed E-state index contributed by atoms with van der Waals surface area (Å²) in [5.41, 5.74) is 13.9. The number of anilines is 3. The number of hydrogen-bond acceptors (Lipinski definition) is 4. The first-order valence-electron chi connectivity index (χ1n) is 15.1. The van der Waals surface area contributed by atoms with E-state index >= 15 is 0 Å². The van der Waals surface area contributed by atoms with Gasteiger partial charge in [0.25, 0.3) is 0 Å². The lowest BCUT2D eigenvalue weighted by Gasteiger charge is -2.44. The highest BCUT2D eigenvalue weighted by atomic mass is 32.1. The molecule has 1 aromatic heterocycles.